The SMILES string of the molecule is CCC(NCCCCCCO)c1ccc(OC)cc1. The molecule has 0 aliphatic heterocycles. The first-order chi connectivity index (χ1) is 9.31. The third-order valence-electron chi connectivity index (χ3n) is 3.40. The molecule has 0 saturated heterocycles. The van der Waals surface area contributed by atoms with E-state index in [1.54, 1.807) is 7.11 Å². The van der Waals surface area contributed by atoms with Crippen molar-refractivity contribution in [2.24, 2.45) is 0 Å². The quantitative estimate of drug-likeness (QED) is 0.638. The molecule has 1 rings (SSSR count). The smallest absolute Gasteiger partial charge is 0.118 e. The summed E-state index contributed by atoms with van der Waals surface area (Å²) in [5.74, 6) is 0.905. The fourth-order valence-electron chi connectivity index (χ4n) is 2.20. The highest BCUT2D eigenvalue weighted by Gasteiger charge is 2.07. The summed E-state index contributed by atoms with van der Waals surface area (Å²) in [7, 11) is 1.69. The van der Waals surface area contributed by atoms with Gasteiger partial charge in [0.2, 0.25) is 0 Å². The molecule has 0 aromatic heterocycles. The average Bonchev–Trinajstić information content (AvgIpc) is 2.47. The molecule has 0 amide bonds. The number of ether oxygens (including phenoxy) is 1. The number of hydrogen-bond donors (Lipinski definition) is 2. The highest BCUT2D eigenvalue weighted by atomic mass is 16.5. The summed E-state index contributed by atoms with van der Waals surface area (Å²) in [6, 6.07) is 8.71. The second-order valence-electron chi connectivity index (χ2n) is 4.83. The molecule has 0 spiro atoms. The van der Waals surface area contributed by atoms with E-state index in [1.165, 1.54) is 18.4 Å². The minimum absolute atomic E-state index is 0.316. The van der Waals surface area contributed by atoms with Gasteiger partial charge in [0.25, 0.3) is 0 Å². The lowest BCUT2D eigenvalue weighted by Crippen LogP contribution is -2.21. The van der Waals surface area contributed by atoms with Crippen LogP contribution in [-0.2, 0) is 0 Å². The molecular formula is C16H27NO2. The van der Waals surface area contributed by atoms with Crippen LogP contribution in [-0.4, -0.2) is 25.4 Å². The zero-order valence-electron chi connectivity index (χ0n) is 12.2. The third kappa shape index (κ3) is 6.08. The third-order valence-corrected chi connectivity index (χ3v) is 3.40. The van der Waals surface area contributed by atoms with Crippen LogP contribution in [0.3, 0.4) is 0 Å². The molecular weight excluding hydrogens is 238 g/mol. The Kier molecular flexibility index (Phi) is 8.26. The van der Waals surface area contributed by atoms with E-state index in [0.29, 0.717) is 12.6 Å². The molecule has 0 aliphatic carbocycles. The summed E-state index contributed by atoms with van der Waals surface area (Å²) in [4.78, 5) is 0. The molecule has 0 aliphatic rings. The maximum absolute atomic E-state index is 8.71. The van der Waals surface area contributed by atoms with Crippen LogP contribution in [0.2, 0.25) is 0 Å². The van der Waals surface area contributed by atoms with Crippen LogP contribution in [0.15, 0.2) is 24.3 Å². The van der Waals surface area contributed by atoms with Gasteiger partial charge in [-0.25, -0.2) is 0 Å². The first-order valence-corrected chi connectivity index (χ1v) is 7.30. The molecule has 0 bridgehead atoms. The van der Waals surface area contributed by atoms with Gasteiger partial charge in [-0.05, 0) is 43.5 Å². The molecule has 2 N–H and O–H groups in total. The highest BCUT2D eigenvalue weighted by molar-refractivity contribution is 5.29. The van der Waals surface area contributed by atoms with Gasteiger partial charge in [-0.3, -0.25) is 0 Å². The Morgan fingerprint density at radius 2 is 1.79 bits per heavy atom. The highest BCUT2D eigenvalue weighted by Crippen LogP contribution is 2.20. The second-order valence-corrected chi connectivity index (χ2v) is 4.83. The van der Waals surface area contributed by atoms with Crippen molar-refractivity contribution in [1.29, 1.82) is 0 Å². The van der Waals surface area contributed by atoms with E-state index in [1.807, 2.05) is 12.1 Å². The summed E-state index contributed by atoms with van der Waals surface area (Å²) in [5, 5.41) is 12.3. The summed E-state index contributed by atoms with van der Waals surface area (Å²) in [6.45, 7) is 3.56. The standard InChI is InChI=1S/C16H27NO2/c1-3-16(17-12-6-4-5-7-13-18)14-8-10-15(19-2)11-9-14/h8-11,16-18H,3-7,12-13H2,1-2H3. The van der Waals surface area contributed by atoms with Crippen LogP contribution < -0.4 is 10.1 Å². The maximum Gasteiger partial charge on any atom is 0.118 e. The lowest BCUT2D eigenvalue weighted by Gasteiger charge is -2.17. The Morgan fingerprint density at radius 1 is 1.11 bits per heavy atom. The minimum Gasteiger partial charge on any atom is -0.497 e. The van der Waals surface area contributed by atoms with Crippen molar-refractivity contribution in [2.45, 2.75) is 45.1 Å². The molecule has 0 saturated carbocycles. The van der Waals surface area contributed by atoms with Gasteiger partial charge in [0, 0.05) is 12.6 Å². The van der Waals surface area contributed by atoms with Gasteiger partial charge in [-0.2, -0.15) is 0 Å². The van der Waals surface area contributed by atoms with E-state index in [4.69, 9.17) is 9.84 Å². The molecule has 3 nitrogen and oxygen atoms in total. The van der Waals surface area contributed by atoms with Crippen molar-refractivity contribution >= 4 is 0 Å². The number of nitrogens with one attached hydrogen (secondary N) is 1. The molecule has 3 heteroatoms. The van der Waals surface area contributed by atoms with Crippen molar-refractivity contribution in [1.82, 2.24) is 5.32 Å². The molecule has 0 heterocycles. The van der Waals surface area contributed by atoms with E-state index >= 15 is 0 Å². The Bertz CT molecular complexity index is 324. The van der Waals surface area contributed by atoms with Crippen LogP contribution >= 0.6 is 0 Å². The lowest BCUT2D eigenvalue weighted by atomic mass is 10.0. The summed E-state index contributed by atoms with van der Waals surface area (Å²) < 4.78 is 5.18. The van der Waals surface area contributed by atoms with Crippen molar-refractivity contribution in [3.05, 3.63) is 29.8 Å². The molecule has 108 valence electrons. The van der Waals surface area contributed by atoms with Crippen LogP contribution in [0.4, 0.5) is 0 Å². The fraction of sp³-hybridized carbons (Fsp3) is 0.625. The number of aliphatic hydroxyl groups is 1. The summed E-state index contributed by atoms with van der Waals surface area (Å²) >= 11 is 0. The lowest BCUT2D eigenvalue weighted by molar-refractivity contribution is 0.282. The molecule has 1 aromatic rings. The number of unbranched alkanes of at least 4 members (excludes halogenated alkanes) is 3. The van der Waals surface area contributed by atoms with Crippen LogP contribution in [0.25, 0.3) is 0 Å². The number of rotatable bonds is 10. The number of benzene rings is 1. The van der Waals surface area contributed by atoms with Crippen LogP contribution in [0.1, 0.15) is 50.6 Å². The number of hydrogen-bond acceptors (Lipinski definition) is 3. The van der Waals surface area contributed by atoms with Gasteiger partial charge < -0.3 is 15.2 Å². The molecule has 0 radical (unpaired) electrons. The van der Waals surface area contributed by atoms with Gasteiger partial charge >= 0.3 is 0 Å². The van der Waals surface area contributed by atoms with Gasteiger partial charge in [0.15, 0.2) is 0 Å². The van der Waals surface area contributed by atoms with E-state index in [9.17, 15) is 0 Å². The van der Waals surface area contributed by atoms with E-state index < -0.39 is 0 Å². The second kappa shape index (κ2) is 9.82. The first-order valence-electron chi connectivity index (χ1n) is 7.30. The largest absolute Gasteiger partial charge is 0.497 e. The van der Waals surface area contributed by atoms with Gasteiger partial charge in [-0.15, -0.1) is 0 Å². The fourth-order valence-corrected chi connectivity index (χ4v) is 2.20. The minimum atomic E-state index is 0.316. The zero-order chi connectivity index (χ0) is 13.9. The van der Waals surface area contributed by atoms with E-state index in [-0.39, 0.29) is 0 Å². The Balaban J connectivity index is 2.31. The van der Waals surface area contributed by atoms with E-state index in [2.05, 4.69) is 24.4 Å². The molecule has 1 unspecified atom stereocenters. The van der Waals surface area contributed by atoms with Gasteiger partial charge in [0.05, 0.1) is 7.11 Å². The molecule has 19 heavy (non-hydrogen) atoms. The Morgan fingerprint density at radius 3 is 2.37 bits per heavy atom. The molecule has 1 aromatic carbocycles. The molecule has 0 fully saturated rings. The van der Waals surface area contributed by atoms with Crippen LogP contribution in [0.5, 0.6) is 5.75 Å². The first kappa shape index (κ1) is 16.0. The monoisotopic (exact) mass is 265 g/mol. The number of methoxy groups -OCH3 is 1. The van der Waals surface area contributed by atoms with Crippen molar-refractivity contribution < 1.29 is 9.84 Å². The molecule has 1 atom stereocenters. The van der Waals surface area contributed by atoms with Gasteiger partial charge in [-0.1, -0.05) is 31.9 Å². The van der Waals surface area contributed by atoms with Crippen LogP contribution in [0, 0.1) is 0 Å². The topological polar surface area (TPSA) is 41.5 Å². The zero-order valence-corrected chi connectivity index (χ0v) is 12.2. The van der Waals surface area contributed by atoms with Crippen molar-refractivity contribution in [3.63, 3.8) is 0 Å². The van der Waals surface area contributed by atoms with Crippen molar-refractivity contribution in [3.8, 4) is 5.75 Å². The predicted octanol–water partition coefficient (Wildman–Crippen LogP) is 3.29. The normalized spacial score (nSPS) is 12.4. The Hall–Kier alpha value is -1.06. The van der Waals surface area contributed by atoms with Gasteiger partial charge in [0.1, 0.15) is 5.75 Å². The summed E-state index contributed by atoms with van der Waals surface area (Å²) in [5.41, 5.74) is 1.32. The number of aliphatic hydroxyl groups excluding tert-OH is 1. The van der Waals surface area contributed by atoms with Crippen molar-refractivity contribution in [2.75, 3.05) is 20.3 Å². The maximum atomic E-state index is 8.71. The predicted molar refractivity (Wildman–Crippen MR) is 79.6 cm³/mol. The van der Waals surface area contributed by atoms with E-state index in [0.717, 1.165) is 31.6 Å². The summed E-state index contributed by atoms with van der Waals surface area (Å²) in [6.07, 6.45) is 5.50. The Labute approximate surface area is 117 Å². The average molecular weight is 265 g/mol.